The Balaban J connectivity index is 2.00. The molecule has 0 radical (unpaired) electrons. The Kier molecular flexibility index (Phi) is 11.0. The van der Waals surface area contributed by atoms with Crippen LogP contribution in [0.25, 0.3) is 0 Å². The summed E-state index contributed by atoms with van der Waals surface area (Å²) in [6, 6.07) is 8.15. The van der Waals surface area contributed by atoms with Gasteiger partial charge in [-0.25, -0.2) is 0 Å². The van der Waals surface area contributed by atoms with Crippen LogP contribution < -0.4 is 4.74 Å². The molecule has 0 N–H and O–H groups in total. The van der Waals surface area contributed by atoms with Gasteiger partial charge in [-0.15, -0.1) is 5.92 Å². The molecule has 0 heterocycles. The van der Waals surface area contributed by atoms with Crippen LogP contribution in [0, 0.1) is 11.8 Å². The third-order valence-corrected chi connectivity index (χ3v) is 4.07. The minimum absolute atomic E-state index is 0.844. The fourth-order valence-corrected chi connectivity index (χ4v) is 2.58. The summed E-state index contributed by atoms with van der Waals surface area (Å²) in [5.41, 5.74) is 1.26. The summed E-state index contributed by atoms with van der Waals surface area (Å²) < 4.78 is 5.14. The van der Waals surface area contributed by atoms with E-state index in [1.165, 1.54) is 50.5 Å². The highest BCUT2D eigenvalue weighted by molar-refractivity contribution is 9.09. The topological polar surface area (TPSA) is 9.23 Å². The summed E-state index contributed by atoms with van der Waals surface area (Å²) in [6.45, 7) is 0. The van der Waals surface area contributed by atoms with Crippen LogP contribution in [0.4, 0.5) is 0 Å². The minimum Gasteiger partial charge on any atom is -0.497 e. The lowest BCUT2D eigenvalue weighted by molar-refractivity contribution is 0.414. The second-order valence-electron chi connectivity index (χ2n) is 5.29. The Morgan fingerprint density at radius 3 is 2.10 bits per heavy atom. The van der Waals surface area contributed by atoms with Crippen LogP contribution in [0.15, 0.2) is 24.3 Å². The van der Waals surface area contributed by atoms with Crippen molar-refractivity contribution in [3.63, 3.8) is 0 Å². The smallest absolute Gasteiger partial charge is 0.118 e. The number of unbranched alkanes of at least 4 members (excludes halogenated alkanes) is 7. The highest BCUT2D eigenvalue weighted by Crippen LogP contribution is 2.11. The van der Waals surface area contributed by atoms with Crippen LogP contribution in [0.1, 0.15) is 56.9 Å². The van der Waals surface area contributed by atoms with Crippen molar-refractivity contribution < 1.29 is 4.74 Å². The molecule has 0 aliphatic carbocycles. The zero-order valence-corrected chi connectivity index (χ0v) is 14.8. The summed E-state index contributed by atoms with van der Waals surface area (Å²) in [5, 5.41) is 1.15. The quantitative estimate of drug-likeness (QED) is 0.296. The van der Waals surface area contributed by atoms with E-state index in [1.54, 1.807) is 7.11 Å². The molecule has 0 aliphatic rings. The van der Waals surface area contributed by atoms with Crippen molar-refractivity contribution in [1.82, 2.24) is 0 Å². The molecule has 1 rings (SSSR count). The molecule has 116 valence electrons. The molecule has 0 bridgehead atoms. The minimum atomic E-state index is 0.844. The van der Waals surface area contributed by atoms with Crippen LogP contribution >= 0.6 is 15.9 Å². The van der Waals surface area contributed by atoms with Crippen molar-refractivity contribution in [2.75, 3.05) is 12.4 Å². The number of hydrogen-bond donors (Lipinski definition) is 0. The SMILES string of the molecule is COc1ccc(CC#CCCCCCCCCCBr)cc1. The third-order valence-electron chi connectivity index (χ3n) is 3.51. The van der Waals surface area contributed by atoms with Gasteiger partial charge in [-0.05, 0) is 30.5 Å². The molecule has 21 heavy (non-hydrogen) atoms. The van der Waals surface area contributed by atoms with Crippen molar-refractivity contribution in [3.8, 4) is 17.6 Å². The summed E-state index contributed by atoms with van der Waals surface area (Å²) in [7, 11) is 1.69. The lowest BCUT2D eigenvalue weighted by Crippen LogP contribution is -1.84. The Labute approximate surface area is 138 Å². The molecule has 2 heteroatoms. The highest BCUT2D eigenvalue weighted by atomic mass is 79.9. The predicted octanol–water partition coefficient (Wildman–Crippen LogP) is 5.76. The first-order chi connectivity index (χ1) is 10.4. The van der Waals surface area contributed by atoms with E-state index < -0.39 is 0 Å². The number of ether oxygens (including phenoxy) is 1. The number of benzene rings is 1. The van der Waals surface area contributed by atoms with E-state index >= 15 is 0 Å². The second kappa shape index (κ2) is 12.8. The van der Waals surface area contributed by atoms with Crippen LogP contribution in [0.5, 0.6) is 5.75 Å². The van der Waals surface area contributed by atoms with Crippen molar-refractivity contribution in [2.24, 2.45) is 0 Å². The molecule has 0 unspecified atom stereocenters. The van der Waals surface area contributed by atoms with Gasteiger partial charge in [0.2, 0.25) is 0 Å². The number of rotatable bonds is 10. The van der Waals surface area contributed by atoms with E-state index in [9.17, 15) is 0 Å². The highest BCUT2D eigenvalue weighted by Gasteiger charge is 1.92. The van der Waals surface area contributed by atoms with Gasteiger partial charge >= 0.3 is 0 Å². The van der Waals surface area contributed by atoms with Gasteiger partial charge in [0.05, 0.1) is 7.11 Å². The standard InChI is InChI=1S/C19H27BrO/c1-21-19-15-13-18(14-16-19)12-10-8-6-4-2-3-5-7-9-11-17-20/h13-16H,2-7,9,11-12,17H2,1H3. The average molecular weight is 351 g/mol. The fourth-order valence-electron chi connectivity index (χ4n) is 2.19. The van der Waals surface area contributed by atoms with E-state index in [2.05, 4.69) is 39.9 Å². The number of methoxy groups -OCH3 is 1. The van der Waals surface area contributed by atoms with Crippen molar-refractivity contribution in [3.05, 3.63) is 29.8 Å². The zero-order valence-electron chi connectivity index (χ0n) is 13.2. The molecule has 0 aliphatic heterocycles. The molecule has 0 saturated carbocycles. The Hall–Kier alpha value is -0.940. The monoisotopic (exact) mass is 350 g/mol. The summed E-state index contributed by atoms with van der Waals surface area (Å²) >= 11 is 3.47. The van der Waals surface area contributed by atoms with Crippen LogP contribution in [-0.2, 0) is 6.42 Å². The molecule has 0 saturated heterocycles. The third kappa shape index (κ3) is 9.58. The number of alkyl halides is 1. The molecule has 0 atom stereocenters. The molecule has 0 fully saturated rings. The van der Waals surface area contributed by atoms with Gasteiger partial charge in [-0.2, -0.15) is 0 Å². The van der Waals surface area contributed by atoms with Gasteiger partial charge in [0.15, 0.2) is 0 Å². The Bertz CT molecular complexity index is 413. The lowest BCUT2D eigenvalue weighted by atomic mass is 10.1. The maximum atomic E-state index is 5.14. The molecule has 0 spiro atoms. The largest absolute Gasteiger partial charge is 0.497 e. The average Bonchev–Trinajstić information content (AvgIpc) is 2.53. The fraction of sp³-hybridized carbons (Fsp3) is 0.579. The normalized spacial score (nSPS) is 10.0. The van der Waals surface area contributed by atoms with E-state index in [0.29, 0.717) is 0 Å². The van der Waals surface area contributed by atoms with E-state index in [0.717, 1.165) is 23.9 Å². The first kappa shape index (κ1) is 18.1. The zero-order chi connectivity index (χ0) is 15.2. The first-order valence-electron chi connectivity index (χ1n) is 8.01. The summed E-state index contributed by atoms with van der Waals surface area (Å²) in [4.78, 5) is 0. The predicted molar refractivity (Wildman–Crippen MR) is 95.2 cm³/mol. The van der Waals surface area contributed by atoms with Gasteiger partial charge in [-0.1, -0.05) is 66.1 Å². The maximum Gasteiger partial charge on any atom is 0.118 e. The van der Waals surface area contributed by atoms with E-state index in [4.69, 9.17) is 4.74 Å². The summed E-state index contributed by atoms with van der Waals surface area (Å²) in [5.74, 6) is 7.45. The van der Waals surface area contributed by atoms with Crippen molar-refractivity contribution >= 4 is 15.9 Å². The van der Waals surface area contributed by atoms with Gasteiger partial charge in [0.1, 0.15) is 5.75 Å². The lowest BCUT2D eigenvalue weighted by Gasteiger charge is -2.00. The molecular weight excluding hydrogens is 324 g/mol. The Morgan fingerprint density at radius 2 is 1.48 bits per heavy atom. The van der Waals surface area contributed by atoms with Crippen LogP contribution in [0.2, 0.25) is 0 Å². The molecule has 1 aromatic carbocycles. The molecule has 1 aromatic rings. The van der Waals surface area contributed by atoms with Crippen molar-refractivity contribution in [2.45, 2.75) is 57.8 Å². The van der Waals surface area contributed by atoms with Crippen LogP contribution in [0.3, 0.4) is 0 Å². The van der Waals surface area contributed by atoms with Crippen LogP contribution in [-0.4, -0.2) is 12.4 Å². The maximum absolute atomic E-state index is 5.14. The first-order valence-corrected chi connectivity index (χ1v) is 9.13. The van der Waals surface area contributed by atoms with Gasteiger partial charge in [0, 0.05) is 18.2 Å². The number of hydrogen-bond acceptors (Lipinski definition) is 1. The van der Waals surface area contributed by atoms with Crippen molar-refractivity contribution in [1.29, 1.82) is 0 Å². The molecule has 0 amide bonds. The number of halogens is 1. The van der Waals surface area contributed by atoms with Gasteiger partial charge in [0.25, 0.3) is 0 Å². The summed E-state index contributed by atoms with van der Waals surface area (Å²) in [6.07, 6.45) is 11.3. The molecular formula is C19H27BrO. The van der Waals surface area contributed by atoms with Gasteiger partial charge < -0.3 is 4.74 Å². The van der Waals surface area contributed by atoms with E-state index in [-0.39, 0.29) is 0 Å². The second-order valence-corrected chi connectivity index (χ2v) is 6.09. The Morgan fingerprint density at radius 1 is 0.857 bits per heavy atom. The molecule has 1 nitrogen and oxygen atoms in total. The van der Waals surface area contributed by atoms with Gasteiger partial charge in [-0.3, -0.25) is 0 Å². The van der Waals surface area contributed by atoms with E-state index in [1.807, 2.05) is 12.1 Å². The molecule has 0 aromatic heterocycles.